The van der Waals surface area contributed by atoms with Gasteiger partial charge in [-0.05, 0) is 24.6 Å². The van der Waals surface area contributed by atoms with Gasteiger partial charge < -0.3 is 9.84 Å². The molecular weight excluding hydrogens is 240 g/mol. The molecule has 0 saturated carbocycles. The molecule has 0 heterocycles. The van der Waals surface area contributed by atoms with Gasteiger partial charge in [-0.2, -0.15) is 0 Å². The van der Waals surface area contributed by atoms with Crippen LogP contribution >= 0.6 is 11.8 Å². The van der Waals surface area contributed by atoms with E-state index in [4.69, 9.17) is 9.84 Å². The van der Waals surface area contributed by atoms with E-state index in [9.17, 15) is 9.59 Å². The largest absolute Gasteiger partial charge is 0.478 e. The molecule has 5 heteroatoms. The van der Waals surface area contributed by atoms with Crippen LogP contribution in [-0.4, -0.2) is 29.4 Å². The summed E-state index contributed by atoms with van der Waals surface area (Å²) >= 11 is 1.27. The summed E-state index contributed by atoms with van der Waals surface area (Å²) in [5.41, 5.74) is 0.219. The molecule has 0 atom stereocenters. The van der Waals surface area contributed by atoms with Crippen LogP contribution in [0.2, 0.25) is 0 Å². The summed E-state index contributed by atoms with van der Waals surface area (Å²) in [6.45, 7) is 2.35. The number of hydrogen-bond donors (Lipinski definition) is 1. The number of carboxylic acids is 1. The quantitative estimate of drug-likeness (QED) is 0.624. The van der Waals surface area contributed by atoms with Gasteiger partial charge in [-0.3, -0.25) is 4.79 Å². The van der Waals surface area contributed by atoms with Gasteiger partial charge in [0, 0.05) is 4.90 Å². The predicted octanol–water partition coefficient (Wildman–Crippen LogP) is 2.43. The maximum Gasteiger partial charge on any atom is 0.335 e. The molecule has 0 aliphatic rings. The van der Waals surface area contributed by atoms with Crippen LogP contribution in [0.3, 0.4) is 0 Å². The van der Waals surface area contributed by atoms with Crippen molar-refractivity contribution in [1.29, 1.82) is 0 Å². The zero-order valence-electron chi connectivity index (χ0n) is 9.51. The fraction of sp³-hybridized carbons (Fsp3) is 0.333. The minimum absolute atomic E-state index is 0.197. The minimum Gasteiger partial charge on any atom is -0.478 e. The van der Waals surface area contributed by atoms with E-state index in [-0.39, 0.29) is 17.3 Å². The SMILES string of the molecule is CCCOC(=O)CSc1cccc(C(=O)O)c1. The van der Waals surface area contributed by atoms with E-state index in [2.05, 4.69) is 0 Å². The molecule has 17 heavy (non-hydrogen) atoms. The van der Waals surface area contributed by atoms with Crippen molar-refractivity contribution in [2.75, 3.05) is 12.4 Å². The van der Waals surface area contributed by atoms with Crippen molar-refractivity contribution in [3.8, 4) is 0 Å². The van der Waals surface area contributed by atoms with Crippen molar-refractivity contribution in [3.63, 3.8) is 0 Å². The van der Waals surface area contributed by atoms with Gasteiger partial charge in [-0.15, -0.1) is 11.8 Å². The van der Waals surface area contributed by atoms with E-state index in [1.807, 2.05) is 6.92 Å². The number of benzene rings is 1. The van der Waals surface area contributed by atoms with E-state index in [1.165, 1.54) is 17.8 Å². The lowest BCUT2D eigenvalue weighted by atomic mass is 10.2. The molecule has 92 valence electrons. The third-order valence-electron chi connectivity index (χ3n) is 1.90. The summed E-state index contributed by atoms with van der Waals surface area (Å²) < 4.78 is 4.91. The Labute approximate surface area is 104 Å². The van der Waals surface area contributed by atoms with Crippen LogP contribution in [-0.2, 0) is 9.53 Å². The second-order valence-corrected chi connectivity index (χ2v) is 4.39. The molecule has 0 spiro atoms. The van der Waals surface area contributed by atoms with Gasteiger partial charge in [-0.1, -0.05) is 13.0 Å². The monoisotopic (exact) mass is 254 g/mol. The van der Waals surface area contributed by atoms with Gasteiger partial charge in [0.2, 0.25) is 0 Å². The van der Waals surface area contributed by atoms with Crippen LogP contribution in [0, 0.1) is 0 Å². The number of carboxylic acid groups (broad SMARTS) is 1. The van der Waals surface area contributed by atoms with Crippen molar-refractivity contribution in [1.82, 2.24) is 0 Å². The third kappa shape index (κ3) is 4.91. The Balaban J connectivity index is 2.49. The molecule has 1 rings (SSSR count). The standard InChI is InChI=1S/C12H14O4S/c1-2-6-16-11(13)8-17-10-5-3-4-9(7-10)12(14)15/h3-5,7H,2,6,8H2,1H3,(H,14,15). The number of ether oxygens (including phenoxy) is 1. The Morgan fingerprint density at radius 3 is 2.82 bits per heavy atom. The zero-order valence-corrected chi connectivity index (χ0v) is 10.3. The number of carbonyl (C=O) groups excluding carboxylic acids is 1. The molecule has 0 aromatic heterocycles. The van der Waals surface area contributed by atoms with Crippen molar-refractivity contribution in [2.24, 2.45) is 0 Å². The Morgan fingerprint density at radius 1 is 1.41 bits per heavy atom. The summed E-state index contributed by atoms with van der Waals surface area (Å²) in [5.74, 6) is -1.05. The molecule has 0 radical (unpaired) electrons. The Bertz CT molecular complexity index is 403. The van der Waals surface area contributed by atoms with Gasteiger partial charge in [0.15, 0.2) is 0 Å². The minimum atomic E-state index is -0.971. The Kier molecular flexibility index (Phi) is 5.56. The fourth-order valence-corrected chi connectivity index (χ4v) is 1.87. The van der Waals surface area contributed by atoms with Gasteiger partial charge in [0.05, 0.1) is 17.9 Å². The first kappa shape index (κ1) is 13.6. The molecule has 0 saturated heterocycles. The van der Waals surface area contributed by atoms with E-state index < -0.39 is 5.97 Å². The second kappa shape index (κ2) is 6.96. The highest BCUT2D eigenvalue weighted by Gasteiger charge is 2.06. The molecule has 0 aliphatic heterocycles. The first-order valence-corrected chi connectivity index (χ1v) is 6.24. The molecule has 1 aromatic rings. The summed E-state index contributed by atoms with van der Waals surface area (Å²) in [7, 11) is 0. The predicted molar refractivity (Wildman–Crippen MR) is 65.4 cm³/mol. The molecular formula is C12H14O4S. The van der Waals surface area contributed by atoms with Crippen LogP contribution in [0.5, 0.6) is 0 Å². The topological polar surface area (TPSA) is 63.6 Å². The number of thioether (sulfide) groups is 1. The Hall–Kier alpha value is -1.49. The fourth-order valence-electron chi connectivity index (χ4n) is 1.12. The van der Waals surface area contributed by atoms with E-state index in [1.54, 1.807) is 18.2 Å². The summed E-state index contributed by atoms with van der Waals surface area (Å²) in [6, 6.07) is 6.48. The molecule has 0 fully saturated rings. The van der Waals surface area contributed by atoms with Gasteiger partial charge in [0.1, 0.15) is 0 Å². The molecule has 0 amide bonds. The smallest absolute Gasteiger partial charge is 0.335 e. The molecule has 0 bridgehead atoms. The second-order valence-electron chi connectivity index (χ2n) is 3.34. The highest BCUT2D eigenvalue weighted by atomic mass is 32.2. The van der Waals surface area contributed by atoms with Gasteiger partial charge in [-0.25, -0.2) is 4.79 Å². The lowest BCUT2D eigenvalue weighted by molar-refractivity contribution is -0.140. The molecule has 1 N–H and O–H groups in total. The molecule has 0 aliphatic carbocycles. The highest BCUT2D eigenvalue weighted by molar-refractivity contribution is 8.00. The van der Waals surface area contributed by atoms with E-state index in [0.29, 0.717) is 6.61 Å². The van der Waals surface area contributed by atoms with Crippen molar-refractivity contribution in [2.45, 2.75) is 18.2 Å². The summed E-state index contributed by atoms with van der Waals surface area (Å²) in [5, 5.41) is 8.80. The first-order chi connectivity index (χ1) is 8.13. The average molecular weight is 254 g/mol. The molecule has 1 aromatic carbocycles. The van der Waals surface area contributed by atoms with Crippen LogP contribution in [0.1, 0.15) is 23.7 Å². The van der Waals surface area contributed by atoms with Gasteiger partial charge >= 0.3 is 11.9 Å². The Morgan fingerprint density at radius 2 is 2.18 bits per heavy atom. The first-order valence-electron chi connectivity index (χ1n) is 5.25. The summed E-state index contributed by atoms with van der Waals surface area (Å²) in [6.07, 6.45) is 0.797. The lowest BCUT2D eigenvalue weighted by Crippen LogP contribution is -2.07. The highest BCUT2D eigenvalue weighted by Crippen LogP contribution is 2.19. The van der Waals surface area contributed by atoms with Crippen LogP contribution in [0.15, 0.2) is 29.2 Å². The lowest BCUT2D eigenvalue weighted by Gasteiger charge is -2.03. The van der Waals surface area contributed by atoms with Gasteiger partial charge in [0.25, 0.3) is 0 Å². The number of esters is 1. The molecule has 0 unspecified atom stereocenters. The van der Waals surface area contributed by atoms with Crippen molar-refractivity contribution >= 4 is 23.7 Å². The van der Waals surface area contributed by atoms with Crippen LogP contribution < -0.4 is 0 Å². The van der Waals surface area contributed by atoms with Crippen LogP contribution in [0.25, 0.3) is 0 Å². The van der Waals surface area contributed by atoms with Crippen LogP contribution in [0.4, 0.5) is 0 Å². The zero-order chi connectivity index (χ0) is 12.7. The molecule has 4 nitrogen and oxygen atoms in total. The average Bonchev–Trinajstić information content (AvgIpc) is 2.34. The van der Waals surface area contributed by atoms with E-state index in [0.717, 1.165) is 11.3 Å². The number of hydrogen-bond acceptors (Lipinski definition) is 4. The normalized spacial score (nSPS) is 9.94. The summed E-state index contributed by atoms with van der Waals surface area (Å²) in [4.78, 5) is 22.7. The van der Waals surface area contributed by atoms with Crippen molar-refractivity contribution in [3.05, 3.63) is 29.8 Å². The third-order valence-corrected chi connectivity index (χ3v) is 2.87. The number of aromatic carboxylic acids is 1. The number of carbonyl (C=O) groups is 2. The van der Waals surface area contributed by atoms with Crippen molar-refractivity contribution < 1.29 is 19.4 Å². The maximum atomic E-state index is 11.2. The van der Waals surface area contributed by atoms with E-state index >= 15 is 0 Å². The maximum absolute atomic E-state index is 11.2. The number of rotatable bonds is 6.